The Kier molecular flexibility index (Phi) is 3.89. The molecule has 0 aromatic carbocycles. The first-order chi connectivity index (χ1) is 7.61. The van der Waals surface area contributed by atoms with E-state index in [2.05, 4.69) is 5.10 Å². The fraction of sp³-hybridized carbons (Fsp3) is 0.500. The van der Waals surface area contributed by atoms with E-state index in [1.165, 1.54) is 4.68 Å². The van der Waals surface area contributed by atoms with Crippen LogP contribution in [0.1, 0.15) is 29.4 Å². The van der Waals surface area contributed by atoms with Crippen molar-refractivity contribution in [3.8, 4) is 6.07 Å². The number of hydrogen-bond acceptors (Lipinski definition) is 5. The fourth-order valence-electron chi connectivity index (χ4n) is 1.38. The number of ether oxygens (including phenoxy) is 1. The molecule has 6 nitrogen and oxygen atoms in total. The fourth-order valence-corrected chi connectivity index (χ4v) is 1.38. The zero-order valence-corrected chi connectivity index (χ0v) is 9.36. The molecule has 6 heteroatoms. The molecule has 0 aliphatic carbocycles. The lowest BCUT2D eigenvalue weighted by molar-refractivity contribution is 0.0527. The van der Waals surface area contributed by atoms with Gasteiger partial charge in [0.05, 0.1) is 31.3 Å². The molecule has 0 aliphatic rings. The third-order valence-corrected chi connectivity index (χ3v) is 2.08. The van der Waals surface area contributed by atoms with E-state index in [4.69, 9.17) is 15.7 Å². The number of carbonyl (C=O) groups is 1. The number of nitriles is 1. The summed E-state index contributed by atoms with van der Waals surface area (Å²) in [6.45, 7) is 4.08. The number of aryl methyl sites for hydroxylation is 2. The van der Waals surface area contributed by atoms with Crippen LogP contribution in [0.25, 0.3) is 0 Å². The van der Waals surface area contributed by atoms with Gasteiger partial charge in [0.1, 0.15) is 11.4 Å². The third-order valence-electron chi connectivity index (χ3n) is 2.08. The number of aromatic nitrogens is 2. The monoisotopic (exact) mass is 222 g/mol. The summed E-state index contributed by atoms with van der Waals surface area (Å²) in [6.07, 6.45) is 0.299. The van der Waals surface area contributed by atoms with Gasteiger partial charge >= 0.3 is 5.97 Å². The molecule has 0 amide bonds. The number of nitrogens with zero attached hydrogens (tertiary/aromatic N) is 3. The second-order valence-corrected chi connectivity index (χ2v) is 3.20. The second kappa shape index (κ2) is 5.16. The zero-order valence-electron chi connectivity index (χ0n) is 9.36. The summed E-state index contributed by atoms with van der Waals surface area (Å²) in [5.74, 6) is -0.216. The number of nitrogen functional groups attached to an aromatic ring is 1. The molecular formula is C10H14N4O2. The first-order valence-electron chi connectivity index (χ1n) is 4.98. The molecule has 1 aromatic heterocycles. The van der Waals surface area contributed by atoms with Gasteiger partial charge in [0.2, 0.25) is 0 Å². The average molecular weight is 222 g/mol. The molecule has 0 radical (unpaired) electrons. The lowest BCUT2D eigenvalue weighted by atomic mass is 10.2. The summed E-state index contributed by atoms with van der Waals surface area (Å²) in [4.78, 5) is 11.6. The second-order valence-electron chi connectivity index (χ2n) is 3.20. The van der Waals surface area contributed by atoms with Gasteiger partial charge < -0.3 is 10.5 Å². The summed E-state index contributed by atoms with van der Waals surface area (Å²) < 4.78 is 6.32. The Hall–Kier alpha value is -2.03. The first kappa shape index (κ1) is 12.0. The Labute approximate surface area is 93.6 Å². The lowest BCUT2D eigenvalue weighted by Crippen LogP contribution is -2.10. The molecule has 0 aliphatic heterocycles. The molecule has 0 saturated heterocycles. The van der Waals surface area contributed by atoms with Crippen molar-refractivity contribution in [1.29, 1.82) is 5.26 Å². The molecule has 1 rings (SSSR count). The molecule has 16 heavy (non-hydrogen) atoms. The van der Waals surface area contributed by atoms with Gasteiger partial charge in [-0.1, -0.05) is 0 Å². The number of nitrogens with two attached hydrogens (primary N) is 1. The van der Waals surface area contributed by atoms with Crippen molar-refractivity contribution in [2.75, 3.05) is 12.3 Å². The van der Waals surface area contributed by atoms with Crippen LogP contribution in [0.5, 0.6) is 0 Å². The lowest BCUT2D eigenvalue weighted by Gasteiger charge is -2.02. The highest BCUT2D eigenvalue weighted by Gasteiger charge is 2.20. The van der Waals surface area contributed by atoms with Gasteiger partial charge in [-0.3, -0.25) is 0 Å². The minimum atomic E-state index is -0.472. The molecule has 0 unspecified atom stereocenters. The number of carbonyl (C=O) groups excluding carboxylic acids is 1. The molecule has 0 saturated carbocycles. The Morgan fingerprint density at radius 1 is 1.69 bits per heavy atom. The van der Waals surface area contributed by atoms with E-state index in [1.807, 2.05) is 6.07 Å². The largest absolute Gasteiger partial charge is 0.462 e. The Morgan fingerprint density at radius 3 is 2.94 bits per heavy atom. The molecule has 0 atom stereocenters. The average Bonchev–Trinajstić information content (AvgIpc) is 2.51. The first-order valence-corrected chi connectivity index (χ1v) is 4.98. The van der Waals surface area contributed by atoms with E-state index in [1.54, 1.807) is 13.8 Å². The van der Waals surface area contributed by atoms with Gasteiger partial charge in [0.25, 0.3) is 0 Å². The highest BCUT2D eigenvalue weighted by Crippen LogP contribution is 2.17. The zero-order chi connectivity index (χ0) is 12.1. The van der Waals surface area contributed by atoms with E-state index in [0.717, 1.165) is 0 Å². The minimum Gasteiger partial charge on any atom is -0.462 e. The van der Waals surface area contributed by atoms with Crippen LogP contribution >= 0.6 is 0 Å². The molecule has 2 N–H and O–H groups in total. The van der Waals surface area contributed by atoms with Gasteiger partial charge in [-0.15, -0.1) is 0 Å². The van der Waals surface area contributed by atoms with Crippen LogP contribution < -0.4 is 5.73 Å². The van der Waals surface area contributed by atoms with Crippen molar-refractivity contribution < 1.29 is 9.53 Å². The quantitative estimate of drug-likeness (QED) is 0.762. The summed E-state index contributed by atoms with van der Waals surface area (Å²) in [5, 5.41) is 12.6. The molecule has 86 valence electrons. The van der Waals surface area contributed by atoms with E-state index in [-0.39, 0.29) is 5.82 Å². The summed E-state index contributed by atoms with van der Waals surface area (Å²) in [5.41, 5.74) is 6.58. The van der Waals surface area contributed by atoms with Crippen LogP contribution in [0, 0.1) is 18.3 Å². The standard InChI is InChI=1S/C10H14N4O2/c1-3-16-10(15)8-7(2)13-14(9(8)12)6-4-5-11/h3-4,6,12H2,1-2H3. The van der Waals surface area contributed by atoms with Crippen LogP contribution in [0.15, 0.2) is 0 Å². The third kappa shape index (κ3) is 2.31. The maximum Gasteiger partial charge on any atom is 0.343 e. The van der Waals surface area contributed by atoms with Crippen LogP contribution in [-0.2, 0) is 11.3 Å². The van der Waals surface area contributed by atoms with Gasteiger partial charge in [-0.25, -0.2) is 9.48 Å². The Balaban J connectivity index is 2.98. The SMILES string of the molecule is CCOC(=O)c1c(C)nn(CCC#N)c1N. The van der Waals surface area contributed by atoms with Gasteiger partial charge in [-0.2, -0.15) is 10.4 Å². The normalized spacial score (nSPS) is 9.81. The van der Waals surface area contributed by atoms with E-state index >= 15 is 0 Å². The maximum absolute atomic E-state index is 11.6. The summed E-state index contributed by atoms with van der Waals surface area (Å²) in [6, 6.07) is 1.99. The molecule has 1 heterocycles. The molecular weight excluding hydrogens is 208 g/mol. The summed E-state index contributed by atoms with van der Waals surface area (Å²) in [7, 11) is 0. The van der Waals surface area contributed by atoms with E-state index in [0.29, 0.717) is 30.8 Å². The van der Waals surface area contributed by atoms with Crippen molar-refractivity contribution in [3.63, 3.8) is 0 Å². The molecule has 0 fully saturated rings. The van der Waals surface area contributed by atoms with Crippen molar-refractivity contribution in [2.45, 2.75) is 26.8 Å². The summed E-state index contributed by atoms with van der Waals surface area (Å²) >= 11 is 0. The molecule has 1 aromatic rings. The smallest absolute Gasteiger partial charge is 0.343 e. The van der Waals surface area contributed by atoms with Gasteiger partial charge in [0, 0.05) is 0 Å². The number of esters is 1. The highest BCUT2D eigenvalue weighted by atomic mass is 16.5. The van der Waals surface area contributed by atoms with E-state index < -0.39 is 5.97 Å². The van der Waals surface area contributed by atoms with Gasteiger partial charge in [0.15, 0.2) is 0 Å². The predicted octanol–water partition coefficient (Wildman–Crippen LogP) is 0.864. The van der Waals surface area contributed by atoms with Crippen LogP contribution in [0.3, 0.4) is 0 Å². The topological polar surface area (TPSA) is 93.9 Å². The van der Waals surface area contributed by atoms with Gasteiger partial charge in [-0.05, 0) is 13.8 Å². The minimum absolute atomic E-state index is 0.256. The number of rotatable bonds is 4. The highest BCUT2D eigenvalue weighted by molar-refractivity contribution is 5.95. The Bertz CT molecular complexity index is 431. The number of hydrogen-bond donors (Lipinski definition) is 1. The van der Waals surface area contributed by atoms with Crippen LogP contribution in [0.4, 0.5) is 5.82 Å². The Morgan fingerprint density at radius 2 is 2.38 bits per heavy atom. The van der Waals surface area contributed by atoms with Crippen LogP contribution in [-0.4, -0.2) is 22.4 Å². The molecule has 0 spiro atoms. The maximum atomic E-state index is 11.6. The van der Waals surface area contributed by atoms with E-state index in [9.17, 15) is 4.79 Å². The van der Waals surface area contributed by atoms with Crippen LogP contribution in [0.2, 0.25) is 0 Å². The predicted molar refractivity (Wildman–Crippen MR) is 57.6 cm³/mol. The van der Waals surface area contributed by atoms with Crippen molar-refractivity contribution in [2.24, 2.45) is 0 Å². The van der Waals surface area contributed by atoms with Crippen molar-refractivity contribution in [3.05, 3.63) is 11.3 Å². The van der Waals surface area contributed by atoms with Crippen molar-refractivity contribution in [1.82, 2.24) is 9.78 Å². The molecule has 0 bridgehead atoms. The van der Waals surface area contributed by atoms with Crippen molar-refractivity contribution >= 4 is 11.8 Å². The number of anilines is 1.